The van der Waals surface area contributed by atoms with Gasteiger partial charge in [0.2, 0.25) is 5.75 Å². The van der Waals surface area contributed by atoms with Crippen molar-refractivity contribution < 1.29 is 14.2 Å². The van der Waals surface area contributed by atoms with E-state index in [1.807, 2.05) is 24.3 Å². The number of aromatic nitrogens is 2. The van der Waals surface area contributed by atoms with Gasteiger partial charge in [0.1, 0.15) is 5.82 Å². The Morgan fingerprint density at radius 1 is 1.08 bits per heavy atom. The number of benzene rings is 1. The maximum Gasteiger partial charge on any atom is 0.254 e. The number of hydrogen-bond acceptors (Lipinski definition) is 5. The Morgan fingerprint density at radius 3 is 2.38 bits per heavy atom. The molecule has 1 aromatic heterocycles. The molecule has 0 saturated carbocycles. The Labute approximate surface area is 153 Å². The van der Waals surface area contributed by atoms with Crippen LogP contribution in [0.3, 0.4) is 0 Å². The third-order valence-corrected chi connectivity index (χ3v) is 4.65. The molecule has 1 aromatic carbocycles. The average molecular weight is 356 g/mol. The second-order valence-corrected chi connectivity index (χ2v) is 6.36. The predicted octanol–water partition coefficient (Wildman–Crippen LogP) is 3.34. The van der Waals surface area contributed by atoms with Crippen molar-refractivity contribution in [1.82, 2.24) is 9.55 Å². The van der Waals surface area contributed by atoms with E-state index in [4.69, 9.17) is 14.2 Å². The van der Waals surface area contributed by atoms with Gasteiger partial charge in [-0.3, -0.25) is 9.36 Å². The summed E-state index contributed by atoms with van der Waals surface area (Å²) < 4.78 is 17.9. The molecule has 1 aliphatic rings. The van der Waals surface area contributed by atoms with Crippen LogP contribution in [0, 0.1) is 0 Å². The van der Waals surface area contributed by atoms with Crippen LogP contribution in [-0.4, -0.2) is 30.9 Å². The van der Waals surface area contributed by atoms with Gasteiger partial charge in [0.25, 0.3) is 5.56 Å². The minimum atomic E-state index is 0.00564. The summed E-state index contributed by atoms with van der Waals surface area (Å²) in [5.41, 5.74) is 1.53. The molecule has 0 bridgehead atoms. The van der Waals surface area contributed by atoms with E-state index in [1.54, 1.807) is 32.0 Å². The Kier molecular flexibility index (Phi) is 5.30. The smallest absolute Gasteiger partial charge is 0.254 e. The zero-order chi connectivity index (χ0) is 18.7. The van der Waals surface area contributed by atoms with E-state index in [0.29, 0.717) is 28.9 Å². The highest BCUT2D eigenvalue weighted by atomic mass is 16.5. The fraction of sp³-hybridized carbons (Fsp3) is 0.400. The Balaban J connectivity index is 1.97. The van der Waals surface area contributed by atoms with Gasteiger partial charge in [-0.05, 0) is 36.6 Å². The molecule has 1 atom stereocenters. The first-order chi connectivity index (χ1) is 12.6. The van der Waals surface area contributed by atoms with Crippen LogP contribution in [0.15, 0.2) is 23.0 Å². The van der Waals surface area contributed by atoms with Crippen molar-refractivity contribution in [2.24, 2.45) is 0 Å². The van der Waals surface area contributed by atoms with E-state index >= 15 is 0 Å². The lowest BCUT2D eigenvalue weighted by Crippen LogP contribution is -2.29. The number of ether oxygens (including phenoxy) is 3. The summed E-state index contributed by atoms with van der Waals surface area (Å²) in [5, 5.41) is 0. The second kappa shape index (κ2) is 7.64. The number of methoxy groups -OCH3 is 3. The summed E-state index contributed by atoms with van der Waals surface area (Å²) in [6.07, 6.45) is 5.81. The number of hydrogen-bond donors (Lipinski definition) is 0. The lowest BCUT2D eigenvalue weighted by molar-refractivity contribution is 0.324. The summed E-state index contributed by atoms with van der Waals surface area (Å²) in [4.78, 5) is 17.0. The van der Waals surface area contributed by atoms with E-state index in [0.717, 1.165) is 30.8 Å². The lowest BCUT2D eigenvalue weighted by atomic mass is 10.0. The van der Waals surface area contributed by atoms with E-state index in [-0.39, 0.29) is 5.56 Å². The van der Waals surface area contributed by atoms with Gasteiger partial charge >= 0.3 is 0 Å². The van der Waals surface area contributed by atoms with E-state index in [1.165, 1.54) is 0 Å². The fourth-order valence-electron chi connectivity index (χ4n) is 3.29. The normalized spacial score (nSPS) is 16.4. The molecule has 2 aromatic rings. The number of nitrogens with zero attached hydrogens (tertiary/aromatic N) is 2. The van der Waals surface area contributed by atoms with Gasteiger partial charge < -0.3 is 14.2 Å². The summed E-state index contributed by atoms with van der Waals surface area (Å²) >= 11 is 0. The molecule has 0 saturated heterocycles. The molecular formula is C20H24N2O4. The fourth-order valence-corrected chi connectivity index (χ4v) is 3.29. The molecule has 0 N–H and O–H groups in total. The van der Waals surface area contributed by atoms with Gasteiger partial charge in [0, 0.05) is 18.5 Å². The summed E-state index contributed by atoms with van der Waals surface area (Å²) in [6, 6.07) is 5.29. The summed E-state index contributed by atoms with van der Waals surface area (Å²) in [5.74, 6) is 2.88. The highest BCUT2D eigenvalue weighted by Crippen LogP contribution is 2.38. The van der Waals surface area contributed by atoms with E-state index in [2.05, 4.69) is 11.9 Å². The van der Waals surface area contributed by atoms with Crippen molar-refractivity contribution in [1.29, 1.82) is 0 Å². The Morgan fingerprint density at radius 2 is 1.77 bits per heavy atom. The molecule has 0 fully saturated rings. The van der Waals surface area contributed by atoms with Crippen LogP contribution in [-0.2, 0) is 6.54 Å². The lowest BCUT2D eigenvalue weighted by Gasteiger charge is -2.22. The molecule has 26 heavy (non-hydrogen) atoms. The van der Waals surface area contributed by atoms with Crippen LogP contribution < -0.4 is 19.8 Å². The molecule has 2 heterocycles. The largest absolute Gasteiger partial charge is 0.493 e. The Hall–Kier alpha value is -2.76. The average Bonchev–Trinajstić information content (AvgIpc) is 2.66. The highest BCUT2D eigenvalue weighted by Gasteiger charge is 2.19. The van der Waals surface area contributed by atoms with Crippen LogP contribution in [0.4, 0.5) is 0 Å². The zero-order valence-corrected chi connectivity index (χ0v) is 15.6. The molecular weight excluding hydrogens is 332 g/mol. The van der Waals surface area contributed by atoms with Crippen LogP contribution >= 0.6 is 0 Å². The van der Waals surface area contributed by atoms with E-state index < -0.39 is 0 Å². The minimum absolute atomic E-state index is 0.00564. The third kappa shape index (κ3) is 3.45. The van der Waals surface area contributed by atoms with Gasteiger partial charge in [-0.2, -0.15) is 0 Å². The van der Waals surface area contributed by atoms with Crippen LogP contribution in [0.25, 0.3) is 12.2 Å². The van der Waals surface area contributed by atoms with Crippen LogP contribution in [0.2, 0.25) is 0 Å². The first-order valence-corrected chi connectivity index (χ1v) is 8.67. The second-order valence-electron chi connectivity index (χ2n) is 6.36. The summed E-state index contributed by atoms with van der Waals surface area (Å²) in [6.45, 7) is 2.87. The summed E-state index contributed by atoms with van der Waals surface area (Å²) in [7, 11) is 4.73. The van der Waals surface area contributed by atoms with E-state index in [9.17, 15) is 4.79 Å². The molecule has 3 rings (SSSR count). The molecule has 6 heteroatoms. The highest BCUT2D eigenvalue weighted by molar-refractivity contribution is 5.71. The van der Waals surface area contributed by atoms with Crippen molar-refractivity contribution in [3.8, 4) is 17.2 Å². The topological polar surface area (TPSA) is 62.6 Å². The Bertz CT molecular complexity index is 861. The molecule has 138 valence electrons. The number of fused-ring (bicyclic) bond motifs is 1. The van der Waals surface area contributed by atoms with Crippen LogP contribution in [0.5, 0.6) is 17.2 Å². The molecule has 0 spiro atoms. The quantitative estimate of drug-likeness (QED) is 0.822. The van der Waals surface area contributed by atoms with Crippen molar-refractivity contribution in [2.45, 2.75) is 32.2 Å². The van der Waals surface area contributed by atoms with Crippen molar-refractivity contribution in [3.05, 3.63) is 45.6 Å². The van der Waals surface area contributed by atoms with Gasteiger partial charge in [0.15, 0.2) is 11.5 Å². The van der Waals surface area contributed by atoms with Gasteiger partial charge in [0.05, 0.1) is 27.0 Å². The first kappa shape index (κ1) is 18.0. The van der Waals surface area contributed by atoms with Gasteiger partial charge in [-0.15, -0.1) is 0 Å². The molecule has 1 aliphatic heterocycles. The monoisotopic (exact) mass is 356 g/mol. The molecule has 0 aliphatic carbocycles. The molecule has 6 nitrogen and oxygen atoms in total. The molecule has 1 unspecified atom stereocenters. The third-order valence-electron chi connectivity index (χ3n) is 4.65. The predicted molar refractivity (Wildman–Crippen MR) is 101 cm³/mol. The first-order valence-electron chi connectivity index (χ1n) is 8.67. The van der Waals surface area contributed by atoms with Crippen LogP contribution in [0.1, 0.15) is 42.8 Å². The standard InChI is InChI=1S/C20H24N2O4/c1-13-6-5-9-22-18(23)12-15(21-20(13)22)8-7-14-10-16(24-2)19(26-4)17(11-14)25-3/h7-8,10-13H,5-6,9H2,1-4H3/b8-7+. The zero-order valence-electron chi connectivity index (χ0n) is 15.6. The SMILES string of the molecule is COc1cc(/C=C/c2cc(=O)n3c(n2)C(C)CCC3)cc(OC)c1OC. The van der Waals surface area contributed by atoms with Gasteiger partial charge in [-0.25, -0.2) is 4.98 Å². The van der Waals surface area contributed by atoms with Crippen molar-refractivity contribution in [3.63, 3.8) is 0 Å². The maximum atomic E-state index is 12.4. The molecule has 0 radical (unpaired) electrons. The van der Waals surface area contributed by atoms with Crippen molar-refractivity contribution >= 4 is 12.2 Å². The number of rotatable bonds is 5. The van der Waals surface area contributed by atoms with Crippen molar-refractivity contribution in [2.75, 3.05) is 21.3 Å². The van der Waals surface area contributed by atoms with Gasteiger partial charge in [-0.1, -0.05) is 13.0 Å². The maximum absolute atomic E-state index is 12.4. The minimum Gasteiger partial charge on any atom is -0.493 e. The molecule has 0 amide bonds.